The number of imide groups is 1. The Morgan fingerprint density at radius 2 is 1.87 bits per heavy atom. The van der Waals surface area contributed by atoms with Gasteiger partial charge in [0.2, 0.25) is 11.8 Å². The first-order chi connectivity index (χ1) is 15.1. The molecule has 1 saturated heterocycles. The fourth-order valence-corrected chi connectivity index (χ4v) is 4.00. The number of nitrogens with zero attached hydrogens (tertiary/aromatic N) is 2. The summed E-state index contributed by atoms with van der Waals surface area (Å²) in [5, 5.41) is 8.16. The molecule has 6 nitrogen and oxygen atoms in total. The molecule has 0 bridgehead atoms. The van der Waals surface area contributed by atoms with Crippen molar-refractivity contribution in [3.05, 3.63) is 82.3 Å². The van der Waals surface area contributed by atoms with E-state index in [9.17, 15) is 14.4 Å². The van der Waals surface area contributed by atoms with Crippen LogP contribution in [-0.4, -0.2) is 22.0 Å². The van der Waals surface area contributed by atoms with Gasteiger partial charge in [-0.3, -0.25) is 19.3 Å². The summed E-state index contributed by atoms with van der Waals surface area (Å²) in [5.41, 5.74) is 2.01. The zero-order valence-corrected chi connectivity index (χ0v) is 17.5. The molecule has 2 amide bonds. The number of hydrogen-bond acceptors (Lipinski definition) is 4. The van der Waals surface area contributed by atoms with Crippen molar-refractivity contribution < 1.29 is 9.59 Å². The van der Waals surface area contributed by atoms with E-state index < -0.39 is 0 Å². The van der Waals surface area contributed by atoms with Crippen molar-refractivity contribution in [3.8, 4) is 0 Å². The van der Waals surface area contributed by atoms with Gasteiger partial charge in [-0.25, -0.2) is 5.10 Å². The second-order valence-corrected chi connectivity index (χ2v) is 7.86. The Hall–Kier alpha value is -3.54. The third kappa shape index (κ3) is 4.33. The zero-order chi connectivity index (χ0) is 21.8. The first kappa shape index (κ1) is 20.7. The lowest BCUT2D eigenvalue weighted by molar-refractivity contribution is -0.122. The topological polar surface area (TPSA) is 83.1 Å². The van der Waals surface area contributed by atoms with Crippen LogP contribution in [0.1, 0.15) is 43.9 Å². The van der Waals surface area contributed by atoms with Crippen molar-refractivity contribution in [2.45, 2.75) is 39.0 Å². The minimum Gasteiger partial charge on any atom is -0.274 e. The van der Waals surface area contributed by atoms with E-state index in [1.807, 2.05) is 42.5 Å². The highest BCUT2D eigenvalue weighted by molar-refractivity contribution is 6.21. The van der Waals surface area contributed by atoms with E-state index in [0.717, 1.165) is 29.5 Å². The van der Waals surface area contributed by atoms with Crippen LogP contribution in [0.5, 0.6) is 0 Å². The Labute approximate surface area is 180 Å². The maximum absolute atomic E-state index is 12.9. The van der Waals surface area contributed by atoms with E-state index in [1.165, 1.54) is 4.90 Å². The molecule has 0 spiro atoms. The lowest BCUT2D eigenvalue weighted by Crippen LogP contribution is -2.30. The van der Waals surface area contributed by atoms with Gasteiger partial charge in [-0.2, -0.15) is 5.10 Å². The van der Waals surface area contributed by atoms with Crippen LogP contribution in [0.25, 0.3) is 10.8 Å². The summed E-state index contributed by atoms with van der Waals surface area (Å²) in [6.07, 6.45) is 7.43. The summed E-state index contributed by atoms with van der Waals surface area (Å²) >= 11 is 0. The number of carbonyl (C=O) groups excluding carboxylic acids is 2. The normalized spacial score (nSPS) is 16.7. The van der Waals surface area contributed by atoms with Crippen molar-refractivity contribution in [3.63, 3.8) is 0 Å². The number of benzene rings is 2. The number of anilines is 1. The molecule has 2 heterocycles. The first-order valence-electron chi connectivity index (χ1n) is 10.7. The Balaban J connectivity index is 1.57. The van der Waals surface area contributed by atoms with Crippen LogP contribution >= 0.6 is 0 Å². The number of nitrogens with one attached hydrogen (secondary N) is 1. The van der Waals surface area contributed by atoms with Gasteiger partial charge in [-0.05, 0) is 36.6 Å². The van der Waals surface area contributed by atoms with Gasteiger partial charge in [0.05, 0.1) is 22.7 Å². The van der Waals surface area contributed by atoms with E-state index in [-0.39, 0.29) is 29.7 Å². The largest absolute Gasteiger partial charge is 0.274 e. The average molecular weight is 415 g/mol. The van der Waals surface area contributed by atoms with E-state index in [0.29, 0.717) is 23.9 Å². The lowest BCUT2D eigenvalue weighted by Gasteiger charge is -2.16. The number of hydrogen-bond donors (Lipinski definition) is 1. The van der Waals surface area contributed by atoms with Crippen molar-refractivity contribution in [1.29, 1.82) is 0 Å². The lowest BCUT2D eigenvalue weighted by atomic mass is 10.0. The summed E-state index contributed by atoms with van der Waals surface area (Å²) in [4.78, 5) is 38.8. The molecule has 6 heteroatoms. The molecular formula is C25H25N3O3. The number of aromatic amines is 1. The third-order valence-electron chi connectivity index (χ3n) is 5.60. The van der Waals surface area contributed by atoms with Crippen LogP contribution in [0.3, 0.4) is 0 Å². The number of rotatable bonds is 7. The summed E-state index contributed by atoms with van der Waals surface area (Å²) in [6, 6.07) is 14.8. The van der Waals surface area contributed by atoms with Crippen LogP contribution in [0.4, 0.5) is 5.69 Å². The molecule has 2 aromatic carbocycles. The molecule has 1 fully saturated rings. The van der Waals surface area contributed by atoms with E-state index in [4.69, 9.17) is 0 Å². The maximum atomic E-state index is 12.9. The van der Waals surface area contributed by atoms with Crippen molar-refractivity contribution >= 4 is 28.3 Å². The predicted molar refractivity (Wildman–Crippen MR) is 121 cm³/mol. The van der Waals surface area contributed by atoms with Gasteiger partial charge in [0.25, 0.3) is 5.56 Å². The summed E-state index contributed by atoms with van der Waals surface area (Å²) in [6.45, 7) is 2.11. The van der Waals surface area contributed by atoms with Gasteiger partial charge >= 0.3 is 0 Å². The quantitative estimate of drug-likeness (QED) is 0.464. The number of H-pyrrole nitrogens is 1. The van der Waals surface area contributed by atoms with Crippen LogP contribution in [0.15, 0.2) is 65.5 Å². The molecule has 1 aliphatic heterocycles. The maximum Gasteiger partial charge on any atom is 0.272 e. The third-order valence-corrected chi connectivity index (χ3v) is 5.60. The van der Waals surface area contributed by atoms with Crippen LogP contribution < -0.4 is 10.5 Å². The highest BCUT2D eigenvalue weighted by Crippen LogP contribution is 2.30. The fourth-order valence-electron chi connectivity index (χ4n) is 4.00. The standard InChI is InChI=1S/C25H25N3O3/c1-2-3-4-5-10-18-16-23(29)28(25(18)31)19-11-8-9-17(14-19)15-22-20-12-6-7-13-21(20)24(30)27-26-22/h4-9,11-14,18H,2-3,10,15-16H2,1H3,(H,27,30). The summed E-state index contributed by atoms with van der Waals surface area (Å²) < 4.78 is 0. The summed E-state index contributed by atoms with van der Waals surface area (Å²) in [7, 11) is 0. The fraction of sp³-hybridized carbons (Fsp3) is 0.280. The molecule has 1 unspecified atom stereocenters. The molecule has 1 N–H and O–H groups in total. The first-order valence-corrected chi connectivity index (χ1v) is 10.7. The predicted octanol–water partition coefficient (Wildman–Crippen LogP) is 4.14. The molecule has 1 aliphatic rings. The molecule has 4 rings (SSSR count). The summed E-state index contributed by atoms with van der Waals surface area (Å²) in [5.74, 6) is -0.603. The molecule has 158 valence electrons. The highest BCUT2D eigenvalue weighted by Gasteiger charge is 2.38. The smallest absolute Gasteiger partial charge is 0.272 e. The van der Waals surface area contributed by atoms with Crippen LogP contribution in [0.2, 0.25) is 0 Å². The van der Waals surface area contributed by atoms with E-state index >= 15 is 0 Å². The Morgan fingerprint density at radius 3 is 2.68 bits per heavy atom. The van der Waals surface area contributed by atoms with Crippen LogP contribution in [-0.2, 0) is 16.0 Å². The van der Waals surface area contributed by atoms with Gasteiger partial charge in [0.15, 0.2) is 0 Å². The number of carbonyl (C=O) groups is 2. The number of aromatic nitrogens is 2. The van der Waals surface area contributed by atoms with Gasteiger partial charge in [0, 0.05) is 18.2 Å². The SMILES string of the molecule is CCCC=CCC1CC(=O)N(c2cccc(Cc3n[nH]c(=O)c4ccccc34)c2)C1=O. The monoisotopic (exact) mass is 415 g/mol. The van der Waals surface area contributed by atoms with Gasteiger partial charge in [0.1, 0.15) is 0 Å². The second-order valence-electron chi connectivity index (χ2n) is 7.86. The molecule has 3 aromatic rings. The second kappa shape index (κ2) is 9.08. The van der Waals surface area contributed by atoms with E-state index in [1.54, 1.807) is 12.1 Å². The Bertz CT molecular complexity index is 1210. The number of unbranched alkanes of at least 4 members (excludes halogenated alkanes) is 1. The molecule has 31 heavy (non-hydrogen) atoms. The van der Waals surface area contributed by atoms with Crippen molar-refractivity contribution in [2.24, 2.45) is 5.92 Å². The van der Waals surface area contributed by atoms with Gasteiger partial charge in [-0.15, -0.1) is 0 Å². The number of amides is 2. The number of allylic oxidation sites excluding steroid dienone is 2. The molecule has 1 aromatic heterocycles. The molecular weight excluding hydrogens is 390 g/mol. The Kier molecular flexibility index (Phi) is 6.07. The Morgan fingerprint density at radius 1 is 1.06 bits per heavy atom. The molecule has 0 aliphatic carbocycles. The van der Waals surface area contributed by atoms with Crippen molar-refractivity contribution in [2.75, 3.05) is 4.90 Å². The highest BCUT2D eigenvalue weighted by atomic mass is 16.2. The zero-order valence-electron chi connectivity index (χ0n) is 17.5. The van der Waals surface area contributed by atoms with Crippen LogP contribution in [0, 0.1) is 5.92 Å². The van der Waals surface area contributed by atoms with Gasteiger partial charge in [-0.1, -0.05) is 55.8 Å². The molecule has 1 atom stereocenters. The van der Waals surface area contributed by atoms with E-state index in [2.05, 4.69) is 23.2 Å². The van der Waals surface area contributed by atoms with Crippen molar-refractivity contribution in [1.82, 2.24) is 10.2 Å². The minimum atomic E-state index is -0.297. The number of fused-ring (bicyclic) bond motifs is 1. The average Bonchev–Trinajstić information content (AvgIpc) is 3.06. The van der Waals surface area contributed by atoms with Gasteiger partial charge < -0.3 is 0 Å². The molecule has 0 saturated carbocycles. The molecule has 0 radical (unpaired) electrons. The minimum absolute atomic E-state index is 0.143.